The Morgan fingerprint density at radius 1 is 1.18 bits per heavy atom. The molecular formula is C13H10Cl2OS. The third kappa shape index (κ3) is 2.54. The number of halogens is 2. The van der Waals surface area contributed by atoms with Crippen LogP contribution in [0.15, 0.2) is 24.3 Å². The Hall–Kier alpha value is -0.830. The lowest BCUT2D eigenvalue weighted by Crippen LogP contribution is -1.99. The van der Waals surface area contributed by atoms with Crippen molar-refractivity contribution in [2.45, 2.75) is 13.8 Å². The second-order valence-corrected chi connectivity index (χ2v) is 5.94. The summed E-state index contributed by atoms with van der Waals surface area (Å²) >= 11 is 13.3. The van der Waals surface area contributed by atoms with Gasteiger partial charge in [0.25, 0.3) is 0 Å². The van der Waals surface area contributed by atoms with Gasteiger partial charge in [0.1, 0.15) is 0 Å². The van der Waals surface area contributed by atoms with Crippen molar-refractivity contribution in [3.8, 4) is 0 Å². The third-order valence-electron chi connectivity index (χ3n) is 2.45. The molecule has 1 heterocycles. The quantitative estimate of drug-likeness (QED) is 0.717. The van der Waals surface area contributed by atoms with Gasteiger partial charge in [-0.1, -0.05) is 29.3 Å². The van der Waals surface area contributed by atoms with E-state index in [-0.39, 0.29) is 5.78 Å². The lowest BCUT2D eigenvalue weighted by molar-refractivity contribution is 0.104. The molecule has 0 aliphatic rings. The Labute approximate surface area is 114 Å². The number of carbonyl (C=O) groups excluding carboxylic acids is 1. The molecule has 0 radical (unpaired) electrons. The maximum absolute atomic E-state index is 12.2. The van der Waals surface area contributed by atoms with E-state index < -0.39 is 0 Å². The van der Waals surface area contributed by atoms with Gasteiger partial charge < -0.3 is 0 Å². The van der Waals surface area contributed by atoms with Crippen LogP contribution in [0.5, 0.6) is 0 Å². The molecule has 0 bridgehead atoms. The standard InChI is InChI=1S/C13H10Cl2OS/c1-7-3-4-9(10(14)5-7)12(16)11-6-8(2)13(15)17-11/h3-6H,1-2H3. The predicted octanol–water partition coefficient (Wildman–Crippen LogP) is 4.90. The first-order valence-corrected chi connectivity index (χ1v) is 6.63. The van der Waals surface area contributed by atoms with Crippen LogP contribution in [-0.2, 0) is 0 Å². The number of thiophene rings is 1. The average molecular weight is 285 g/mol. The molecule has 0 saturated carbocycles. The predicted molar refractivity (Wildman–Crippen MR) is 73.7 cm³/mol. The Bertz CT molecular complexity index is 568. The number of hydrogen-bond acceptors (Lipinski definition) is 2. The topological polar surface area (TPSA) is 17.1 Å². The second kappa shape index (κ2) is 4.81. The normalized spacial score (nSPS) is 10.6. The van der Waals surface area contributed by atoms with Crippen molar-refractivity contribution in [2.75, 3.05) is 0 Å². The molecule has 4 heteroatoms. The van der Waals surface area contributed by atoms with Crippen LogP contribution < -0.4 is 0 Å². The first kappa shape index (κ1) is 12.6. The SMILES string of the molecule is Cc1ccc(C(=O)c2cc(C)c(Cl)s2)c(Cl)c1. The van der Waals surface area contributed by atoms with Crippen molar-refractivity contribution in [1.29, 1.82) is 0 Å². The van der Waals surface area contributed by atoms with E-state index in [0.29, 0.717) is 19.8 Å². The molecule has 1 nitrogen and oxygen atoms in total. The molecule has 2 rings (SSSR count). The molecule has 1 aromatic heterocycles. The first-order valence-electron chi connectivity index (χ1n) is 5.06. The van der Waals surface area contributed by atoms with Gasteiger partial charge >= 0.3 is 0 Å². The van der Waals surface area contributed by atoms with Gasteiger partial charge in [-0.3, -0.25) is 4.79 Å². The van der Waals surface area contributed by atoms with Crippen LogP contribution in [0, 0.1) is 13.8 Å². The summed E-state index contributed by atoms with van der Waals surface area (Å²) in [4.78, 5) is 12.8. The zero-order valence-electron chi connectivity index (χ0n) is 9.38. The maximum atomic E-state index is 12.2. The Balaban J connectivity index is 2.43. The van der Waals surface area contributed by atoms with Crippen molar-refractivity contribution in [1.82, 2.24) is 0 Å². The van der Waals surface area contributed by atoms with Gasteiger partial charge in [-0.25, -0.2) is 0 Å². The Morgan fingerprint density at radius 2 is 1.88 bits per heavy atom. The number of hydrogen-bond donors (Lipinski definition) is 0. The maximum Gasteiger partial charge on any atom is 0.204 e. The number of ketones is 1. The summed E-state index contributed by atoms with van der Waals surface area (Å²) in [6.07, 6.45) is 0. The summed E-state index contributed by atoms with van der Waals surface area (Å²) in [5, 5.41) is 0.483. The zero-order valence-corrected chi connectivity index (χ0v) is 11.7. The minimum Gasteiger partial charge on any atom is -0.288 e. The van der Waals surface area contributed by atoms with Gasteiger partial charge in [-0.15, -0.1) is 11.3 Å². The van der Waals surface area contributed by atoms with Gasteiger partial charge in [0, 0.05) is 5.56 Å². The van der Waals surface area contributed by atoms with E-state index in [2.05, 4.69) is 0 Å². The molecule has 2 aromatic rings. The van der Waals surface area contributed by atoms with E-state index >= 15 is 0 Å². The molecule has 0 saturated heterocycles. The molecule has 0 unspecified atom stereocenters. The fraction of sp³-hybridized carbons (Fsp3) is 0.154. The summed E-state index contributed by atoms with van der Waals surface area (Å²) in [5.41, 5.74) is 2.48. The van der Waals surface area contributed by atoms with E-state index in [1.807, 2.05) is 19.9 Å². The molecule has 0 aliphatic carbocycles. The highest BCUT2D eigenvalue weighted by Crippen LogP contribution is 2.30. The number of carbonyl (C=O) groups is 1. The smallest absolute Gasteiger partial charge is 0.204 e. The van der Waals surface area contributed by atoms with Gasteiger partial charge in [0.05, 0.1) is 14.2 Å². The third-order valence-corrected chi connectivity index (χ3v) is 4.32. The van der Waals surface area contributed by atoms with Crippen molar-refractivity contribution in [3.63, 3.8) is 0 Å². The summed E-state index contributed by atoms with van der Waals surface area (Å²) in [7, 11) is 0. The first-order chi connectivity index (χ1) is 7.99. The van der Waals surface area contributed by atoms with E-state index in [0.717, 1.165) is 11.1 Å². The van der Waals surface area contributed by atoms with E-state index in [1.165, 1.54) is 11.3 Å². The highest BCUT2D eigenvalue weighted by atomic mass is 35.5. The summed E-state index contributed by atoms with van der Waals surface area (Å²) in [6, 6.07) is 7.21. The zero-order chi connectivity index (χ0) is 12.6. The molecule has 1 aromatic carbocycles. The van der Waals surface area contributed by atoms with Crippen LogP contribution in [-0.4, -0.2) is 5.78 Å². The molecule has 0 N–H and O–H groups in total. The monoisotopic (exact) mass is 284 g/mol. The highest BCUT2D eigenvalue weighted by Gasteiger charge is 2.16. The fourth-order valence-electron chi connectivity index (χ4n) is 1.51. The molecule has 0 spiro atoms. The van der Waals surface area contributed by atoms with E-state index in [1.54, 1.807) is 18.2 Å². The summed E-state index contributed by atoms with van der Waals surface area (Å²) in [6.45, 7) is 3.82. The van der Waals surface area contributed by atoms with Crippen LogP contribution >= 0.6 is 34.5 Å². The van der Waals surface area contributed by atoms with Gasteiger partial charge in [0.2, 0.25) is 5.78 Å². The van der Waals surface area contributed by atoms with Gasteiger partial charge in [-0.2, -0.15) is 0 Å². The van der Waals surface area contributed by atoms with Crippen molar-refractivity contribution in [3.05, 3.63) is 55.2 Å². The summed E-state index contributed by atoms with van der Waals surface area (Å²) in [5.74, 6) is -0.0741. The minimum absolute atomic E-state index is 0.0741. The number of benzene rings is 1. The van der Waals surface area contributed by atoms with Crippen molar-refractivity contribution in [2.24, 2.45) is 0 Å². The highest BCUT2D eigenvalue weighted by molar-refractivity contribution is 7.18. The largest absolute Gasteiger partial charge is 0.288 e. The molecule has 88 valence electrons. The Kier molecular flexibility index (Phi) is 3.57. The van der Waals surface area contributed by atoms with Gasteiger partial charge in [-0.05, 0) is 43.2 Å². The second-order valence-electron chi connectivity index (χ2n) is 3.88. The van der Waals surface area contributed by atoms with Crippen LogP contribution in [0.3, 0.4) is 0 Å². The molecule has 0 amide bonds. The molecule has 17 heavy (non-hydrogen) atoms. The van der Waals surface area contributed by atoms with Crippen LogP contribution in [0.25, 0.3) is 0 Å². The number of rotatable bonds is 2. The van der Waals surface area contributed by atoms with Crippen LogP contribution in [0.4, 0.5) is 0 Å². The van der Waals surface area contributed by atoms with E-state index in [4.69, 9.17) is 23.2 Å². The summed E-state index contributed by atoms with van der Waals surface area (Å²) < 4.78 is 0.650. The minimum atomic E-state index is -0.0741. The lowest BCUT2D eigenvalue weighted by Gasteiger charge is -2.02. The molecule has 0 aliphatic heterocycles. The van der Waals surface area contributed by atoms with E-state index in [9.17, 15) is 4.79 Å². The van der Waals surface area contributed by atoms with Crippen LogP contribution in [0.1, 0.15) is 26.4 Å². The fourth-order valence-corrected chi connectivity index (χ4v) is 2.98. The van der Waals surface area contributed by atoms with Crippen LogP contribution in [0.2, 0.25) is 9.36 Å². The van der Waals surface area contributed by atoms with Crippen molar-refractivity contribution >= 4 is 40.3 Å². The number of aryl methyl sites for hydroxylation is 2. The lowest BCUT2D eigenvalue weighted by atomic mass is 10.1. The molecule has 0 atom stereocenters. The molecular weight excluding hydrogens is 275 g/mol. The average Bonchev–Trinajstić information content (AvgIpc) is 2.58. The van der Waals surface area contributed by atoms with Gasteiger partial charge in [0.15, 0.2) is 0 Å². The Morgan fingerprint density at radius 3 is 2.41 bits per heavy atom. The molecule has 0 fully saturated rings. The van der Waals surface area contributed by atoms with Crippen molar-refractivity contribution < 1.29 is 4.79 Å².